The molecule has 0 aliphatic heterocycles. The van der Waals surface area contributed by atoms with Crippen LogP contribution in [0.15, 0.2) is 52.5 Å². The molecule has 4 aromatic rings. The fourth-order valence-electron chi connectivity index (χ4n) is 2.52. The van der Waals surface area contributed by atoms with E-state index in [9.17, 15) is 0 Å². The van der Waals surface area contributed by atoms with Gasteiger partial charge in [0.2, 0.25) is 0 Å². The van der Waals surface area contributed by atoms with Gasteiger partial charge in [-0.1, -0.05) is 23.4 Å². The number of halogens is 1. The van der Waals surface area contributed by atoms with Gasteiger partial charge in [-0.2, -0.15) is 0 Å². The highest BCUT2D eigenvalue weighted by atomic mass is 35.5. The number of aromatic nitrogens is 5. The standard InChI is InChI=1S/C16H14ClN5OS/c1-21-14-5-4-11(17)7-13(14)19-15(21)9-24-16-20-18-10-22(16)8-12-3-2-6-23-12/h2-7,10H,8-9H2,1H3. The average Bonchev–Trinajstić information content (AvgIpc) is 3.28. The first-order valence-corrected chi connectivity index (χ1v) is 8.71. The van der Waals surface area contributed by atoms with Gasteiger partial charge in [-0.25, -0.2) is 4.98 Å². The number of imidazole rings is 1. The second-order valence-electron chi connectivity index (χ2n) is 5.33. The van der Waals surface area contributed by atoms with Crippen molar-refractivity contribution < 1.29 is 4.42 Å². The minimum Gasteiger partial charge on any atom is -0.467 e. The molecule has 0 amide bonds. The molecular formula is C16H14ClN5OS. The summed E-state index contributed by atoms with van der Waals surface area (Å²) in [7, 11) is 2.01. The van der Waals surface area contributed by atoms with Crippen LogP contribution in [0.3, 0.4) is 0 Å². The third-order valence-corrected chi connectivity index (χ3v) is 4.96. The van der Waals surface area contributed by atoms with E-state index in [1.165, 1.54) is 0 Å². The number of benzene rings is 1. The van der Waals surface area contributed by atoms with Crippen LogP contribution in [-0.2, 0) is 19.3 Å². The number of thioether (sulfide) groups is 1. The predicted octanol–water partition coefficient (Wildman–Crippen LogP) is 3.75. The van der Waals surface area contributed by atoms with Crippen molar-refractivity contribution in [2.45, 2.75) is 17.5 Å². The highest BCUT2D eigenvalue weighted by molar-refractivity contribution is 7.98. The first-order valence-electron chi connectivity index (χ1n) is 7.34. The molecule has 0 saturated carbocycles. The minimum atomic E-state index is 0.612. The number of rotatable bonds is 5. The Morgan fingerprint density at radius 3 is 3.04 bits per heavy atom. The number of hydrogen-bond donors (Lipinski definition) is 0. The number of furan rings is 1. The zero-order chi connectivity index (χ0) is 16.5. The van der Waals surface area contributed by atoms with Gasteiger partial charge in [0.25, 0.3) is 0 Å². The third kappa shape index (κ3) is 2.92. The molecule has 0 fully saturated rings. The van der Waals surface area contributed by atoms with Gasteiger partial charge in [-0.15, -0.1) is 10.2 Å². The summed E-state index contributed by atoms with van der Waals surface area (Å²) in [5.41, 5.74) is 1.96. The summed E-state index contributed by atoms with van der Waals surface area (Å²) in [6.45, 7) is 0.612. The van der Waals surface area contributed by atoms with Gasteiger partial charge in [0.05, 0.1) is 29.6 Å². The molecule has 3 heterocycles. The first-order chi connectivity index (χ1) is 11.7. The lowest BCUT2D eigenvalue weighted by molar-refractivity contribution is 0.484. The summed E-state index contributed by atoms with van der Waals surface area (Å²) in [5.74, 6) is 2.53. The smallest absolute Gasteiger partial charge is 0.191 e. The van der Waals surface area contributed by atoms with Gasteiger partial charge in [0.15, 0.2) is 5.16 Å². The number of aryl methyl sites for hydroxylation is 1. The topological polar surface area (TPSA) is 61.7 Å². The molecule has 122 valence electrons. The van der Waals surface area contributed by atoms with E-state index in [0.717, 1.165) is 27.8 Å². The van der Waals surface area contributed by atoms with E-state index in [-0.39, 0.29) is 0 Å². The van der Waals surface area contributed by atoms with Gasteiger partial charge in [-0.05, 0) is 30.3 Å². The molecule has 0 unspecified atom stereocenters. The molecule has 6 nitrogen and oxygen atoms in total. The van der Waals surface area contributed by atoms with Crippen LogP contribution in [0.2, 0.25) is 5.02 Å². The summed E-state index contributed by atoms with van der Waals surface area (Å²) in [4.78, 5) is 4.66. The Kier molecular flexibility index (Phi) is 4.03. The van der Waals surface area contributed by atoms with Crippen LogP contribution < -0.4 is 0 Å². The molecule has 1 aromatic carbocycles. The summed E-state index contributed by atoms with van der Waals surface area (Å²) in [6, 6.07) is 9.55. The van der Waals surface area contributed by atoms with Crippen molar-refractivity contribution in [3.05, 3.63) is 59.5 Å². The monoisotopic (exact) mass is 359 g/mol. The maximum absolute atomic E-state index is 6.04. The maximum atomic E-state index is 6.04. The summed E-state index contributed by atoms with van der Waals surface area (Å²) in [5, 5.41) is 9.71. The van der Waals surface area contributed by atoms with E-state index < -0.39 is 0 Å². The second-order valence-corrected chi connectivity index (χ2v) is 6.71. The molecule has 0 aliphatic rings. The molecular weight excluding hydrogens is 346 g/mol. The van der Waals surface area contributed by atoms with Crippen molar-refractivity contribution in [3.8, 4) is 0 Å². The van der Waals surface area contributed by atoms with Crippen LogP contribution in [0.1, 0.15) is 11.6 Å². The Hall–Kier alpha value is -2.25. The average molecular weight is 360 g/mol. The molecule has 0 spiro atoms. The normalized spacial score (nSPS) is 11.4. The molecule has 0 saturated heterocycles. The van der Waals surface area contributed by atoms with Crippen LogP contribution >= 0.6 is 23.4 Å². The van der Waals surface area contributed by atoms with Crippen molar-refractivity contribution in [3.63, 3.8) is 0 Å². The molecule has 8 heteroatoms. The fraction of sp³-hybridized carbons (Fsp3) is 0.188. The number of nitrogens with zero attached hydrogens (tertiary/aromatic N) is 5. The van der Waals surface area contributed by atoms with Crippen molar-refractivity contribution >= 4 is 34.4 Å². The van der Waals surface area contributed by atoms with Gasteiger partial charge in [0, 0.05) is 12.1 Å². The van der Waals surface area contributed by atoms with Crippen molar-refractivity contribution in [1.82, 2.24) is 24.3 Å². The lowest BCUT2D eigenvalue weighted by Gasteiger charge is -2.05. The lowest BCUT2D eigenvalue weighted by atomic mass is 10.3. The highest BCUT2D eigenvalue weighted by Gasteiger charge is 2.12. The van der Waals surface area contributed by atoms with Gasteiger partial charge in [-0.3, -0.25) is 0 Å². The van der Waals surface area contributed by atoms with E-state index in [1.807, 2.05) is 41.9 Å². The quantitative estimate of drug-likeness (QED) is 0.508. The molecule has 0 atom stereocenters. The molecule has 4 rings (SSSR count). The number of hydrogen-bond acceptors (Lipinski definition) is 5. The Morgan fingerprint density at radius 1 is 1.29 bits per heavy atom. The fourth-order valence-corrected chi connectivity index (χ4v) is 3.58. The van der Waals surface area contributed by atoms with Crippen molar-refractivity contribution in [2.24, 2.45) is 7.05 Å². The lowest BCUT2D eigenvalue weighted by Crippen LogP contribution is -2.01. The SMILES string of the molecule is Cn1c(CSc2nncn2Cc2ccco2)nc2cc(Cl)ccc21. The van der Waals surface area contributed by atoms with Crippen LogP contribution in [0.25, 0.3) is 11.0 Å². The van der Waals surface area contributed by atoms with Crippen molar-refractivity contribution in [2.75, 3.05) is 0 Å². The van der Waals surface area contributed by atoms with Gasteiger partial charge >= 0.3 is 0 Å². The molecule has 24 heavy (non-hydrogen) atoms. The van der Waals surface area contributed by atoms with Crippen LogP contribution in [0.4, 0.5) is 0 Å². The second kappa shape index (κ2) is 6.33. The van der Waals surface area contributed by atoms with E-state index in [4.69, 9.17) is 16.0 Å². The van der Waals surface area contributed by atoms with Gasteiger partial charge in [0.1, 0.15) is 17.9 Å². The van der Waals surface area contributed by atoms with E-state index >= 15 is 0 Å². The predicted molar refractivity (Wildman–Crippen MR) is 93.1 cm³/mol. The van der Waals surface area contributed by atoms with Crippen LogP contribution in [0.5, 0.6) is 0 Å². The Labute approximate surface area is 147 Å². The molecule has 0 radical (unpaired) electrons. The molecule has 0 aliphatic carbocycles. The van der Waals surface area contributed by atoms with Gasteiger partial charge < -0.3 is 13.6 Å². The van der Waals surface area contributed by atoms with E-state index in [1.54, 1.807) is 24.4 Å². The highest BCUT2D eigenvalue weighted by Crippen LogP contribution is 2.25. The maximum Gasteiger partial charge on any atom is 0.191 e. The Morgan fingerprint density at radius 2 is 2.21 bits per heavy atom. The molecule has 0 N–H and O–H groups in total. The molecule has 0 bridgehead atoms. The summed E-state index contributed by atoms with van der Waals surface area (Å²) >= 11 is 7.64. The Balaban J connectivity index is 1.53. The first kappa shape index (κ1) is 15.3. The van der Waals surface area contributed by atoms with Crippen molar-refractivity contribution in [1.29, 1.82) is 0 Å². The van der Waals surface area contributed by atoms with Crippen LogP contribution in [-0.4, -0.2) is 24.3 Å². The number of fused-ring (bicyclic) bond motifs is 1. The summed E-state index contributed by atoms with van der Waals surface area (Å²) in [6.07, 6.45) is 3.37. The summed E-state index contributed by atoms with van der Waals surface area (Å²) < 4.78 is 9.42. The Bertz CT molecular complexity index is 976. The third-order valence-electron chi connectivity index (χ3n) is 3.75. The largest absolute Gasteiger partial charge is 0.467 e. The zero-order valence-corrected chi connectivity index (χ0v) is 14.5. The van der Waals surface area contributed by atoms with E-state index in [2.05, 4.69) is 19.7 Å². The van der Waals surface area contributed by atoms with Crippen LogP contribution in [0, 0.1) is 0 Å². The molecule has 3 aromatic heterocycles. The van der Waals surface area contributed by atoms with E-state index in [0.29, 0.717) is 17.3 Å². The zero-order valence-electron chi connectivity index (χ0n) is 12.9. The minimum absolute atomic E-state index is 0.612.